The number of carbonyl (C=O) groups excluding carboxylic acids is 1. The lowest BCUT2D eigenvalue weighted by Gasteiger charge is -2.21. The molecule has 2 N–H and O–H groups in total. The van der Waals surface area contributed by atoms with Crippen molar-refractivity contribution in [3.63, 3.8) is 0 Å². The number of rotatable bonds is 4. The highest BCUT2D eigenvalue weighted by atomic mass is 16.5. The monoisotopic (exact) mass is 249 g/mol. The Morgan fingerprint density at radius 3 is 3.11 bits per heavy atom. The molecule has 0 atom stereocenters. The Labute approximate surface area is 107 Å². The van der Waals surface area contributed by atoms with E-state index in [0.717, 1.165) is 18.8 Å². The van der Waals surface area contributed by atoms with Crippen molar-refractivity contribution in [3.05, 3.63) is 23.8 Å². The summed E-state index contributed by atoms with van der Waals surface area (Å²) in [7, 11) is 3.95. The van der Waals surface area contributed by atoms with Gasteiger partial charge in [-0.05, 0) is 26.2 Å². The smallest absolute Gasteiger partial charge is 0.255 e. The van der Waals surface area contributed by atoms with Crippen molar-refractivity contribution in [2.24, 2.45) is 0 Å². The Kier molecular flexibility index (Phi) is 4.04. The number of nitrogens with zero attached hydrogens (tertiary/aromatic N) is 1. The molecule has 0 radical (unpaired) electrons. The number of ether oxygens (including phenoxy) is 1. The lowest BCUT2D eigenvalue weighted by atomic mass is 10.1. The van der Waals surface area contributed by atoms with Gasteiger partial charge >= 0.3 is 0 Å². The largest absolute Gasteiger partial charge is 0.489 e. The van der Waals surface area contributed by atoms with E-state index in [0.29, 0.717) is 24.5 Å². The van der Waals surface area contributed by atoms with Crippen LogP contribution >= 0.6 is 0 Å². The molecule has 0 fully saturated rings. The zero-order valence-electron chi connectivity index (χ0n) is 10.8. The molecule has 1 amide bonds. The summed E-state index contributed by atoms with van der Waals surface area (Å²) < 4.78 is 5.57. The van der Waals surface area contributed by atoms with E-state index in [-0.39, 0.29) is 5.91 Å². The van der Waals surface area contributed by atoms with Gasteiger partial charge in [0.2, 0.25) is 0 Å². The molecule has 0 aromatic heterocycles. The first kappa shape index (κ1) is 12.7. The van der Waals surface area contributed by atoms with E-state index < -0.39 is 0 Å². The molecule has 5 heteroatoms. The molecule has 98 valence electrons. The van der Waals surface area contributed by atoms with Crippen LogP contribution < -0.4 is 15.4 Å². The molecule has 0 unspecified atom stereocenters. The third-order valence-electron chi connectivity index (χ3n) is 2.77. The lowest BCUT2D eigenvalue weighted by molar-refractivity contribution is 0.0947. The van der Waals surface area contributed by atoms with Crippen molar-refractivity contribution in [1.82, 2.24) is 10.2 Å². The van der Waals surface area contributed by atoms with E-state index in [1.54, 1.807) is 6.07 Å². The number of benzene rings is 1. The van der Waals surface area contributed by atoms with Crippen LogP contribution in [0.1, 0.15) is 10.4 Å². The van der Waals surface area contributed by atoms with Crippen molar-refractivity contribution in [3.8, 4) is 5.75 Å². The maximum atomic E-state index is 12.1. The van der Waals surface area contributed by atoms with E-state index in [2.05, 4.69) is 10.6 Å². The van der Waals surface area contributed by atoms with Crippen LogP contribution in [-0.4, -0.2) is 51.1 Å². The number of fused-ring (bicyclic) bond motifs is 1. The van der Waals surface area contributed by atoms with Gasteiger partial charge in [-0.3, -0.25) is 4.79 Å². The number of carbonyl (C=O) groups is 1. The lowest BCUT2D eigenvalue weighted by Crippen LogP contribution is -2.32. The summed E-state index contributed by atoms with van der Waals surface area (Å²) in [6.45, 7) is 2.82. The summed E-state index contributed by atoms with van der Waals surface area (Å²) in [5, 5.41) is 6.11. The van der Waals surface area contributed by atoms with Crippen LogP contribution in [0.2, 0.25) is 0 Å². The highest BCUT2D eigenvalue weighted by molar-refractivity contribution is 5.98. The quantitative estimate of drug-likeness (QED) is 0.828. The van der Waals surface area contributed by atoms with Gasteiger partial charge < -0.3 is 20.3 Å². The average Bonchev–Trinajstić information content (AvgIpc) is 2.37. The molecule has 1 aromatic carbocycles. The van der Waals surface area contributed by atoms with Gasteiger partial charge in [-0.25, -0.2) is 0 Å². The van der Waals surface area contributed by atoms with Gasteiger partial charge in [0.05, 0.1) is 11.3 Å². The molecule has 0 saturated heterocycles. The fraction of sp³-hybridized carbons (Fsp3) is 0.462. The number of amides is 1. The van der Waals surface area contributed by atoms with E-state index in [1.165, 1.54) is 0 Å². The summed E-state index contributed by atoms with van der Waals surface area (Å²) in [4.78, 5) is 14.1. The second-order valence-corrected chi connectivity index (χ2v) is 4.52. The molecule has 1 aromatic rings. The minimum atomic E-state index is -0.0857. The van der Waals surface area contributed by atoms with Crippen molar-refractivity contribution in [2.45, 2.75) is 0 Å². The molecule has 0 bridgehead atoms. The Hall–Kier alpha value is -1.75. The summed E-state index contributed by atoms with van der Waals surface area (Å²) >= 11 is 0. The molecule has 1 aliphatic heterocycles. The predicted molar refractivity (Wildman–Crippen MR) is 71.3 cm³/mol. The maximum absolute atomic E-state index is 12.1. The molecule has 0 saturated carbocycles. The Morgan fingerprint density at radius 2 is 2.33 bits per heavy atom. The Balaban J connectivity index is 2.06. The van der Waals surface area contributed by atoms with Crippen molar-refractivity contribution < 1.29 is 9.53 Å². The van der Waals surface area contributed by atoms with Crippen molar-refractivity contribution >= 4 is 11.6 Å². The minimum Gasteiger partial charge on any atom is -0.489 e. The van der Waals surface area contributed by atoms with Gasteiger partial charge in [-0.15, -0.1) is 0 Å². The molecule has 0 aliphatic carbocycles. The average molecular weight is 249 g/mol. The van der Waals surface area contributed by atoms with Crippen molar-refractivity contribution in [1.29, 1.82) is 0 Å². The maximum Gasteiger partial charge on any atom is 0.255 e. The van der Waals surface area contributed by atoms with Crippen LogP contribution in [0, 0.1) is 0 Å². The Bertz CT molecular complexity index is 432. The van der Waals surface area contributed by atoms with Crippen LogP contribution in [0.3, 0.4) is 0 Å². The number of nitrogens with one attached hydrogen (secondary N) is 2. The standard InChI is InChI=1S/C13H19N3O2/c1-16(2)8-6-15-13(17)10-4-3-5-11-12(10)18-9-7-14-11/h3-5,14H,6-9H2,1-2H3,(H,15,17). The summed E-state index contributed by atoms with van der Waals surface area (Å²) in [6, 6.07) is 5.57. The first-order valence-electron chi connectivity index (χ1n) is 6.11. The predicted octanol–water partition coefficient (Wildman–Crippen LogP) is 0.782. The molecule has 18 heavy (non-hydrogen) atoms. The summed E-state index contributed by atoms with van der Waals surface area (Å²) in [6.07, 6.45) is 0. The highest BCUT2D eigenvalue weighted by Gasteiger charge is 2.18. The molecule has 0 spiro atoms. The van der Waals surface area contributed by atoms with E-state index in [9.17, 15) is 4.79 Å². The number of hydrogen-bond acceptors (Lipinski definition) is 4. The van der Waals surface area contributed by atoms with E-state index >= 15 is 0 Å². The van der Waals surface area contributed by atoms with Crippen LogP contribution in [0.5, 0.6) is 5.75 Å². The third-order valence-corrected chi connectivity index (χ3v) is 2.77. The zero-order chi connectivity index (χ0) is 13.0. The van der Waals surface area contributed by atoms with Gasteiger partial charge in [0.25, 0.3) is 5.91 Å². The van der Waals surface area contributed by atoms with Gasteiger partial charge in [0, 0.05) is 19.6 Å². The highest BCUT2D eigenvalue weighted by Crippen LogP contribution is 2.30. The zero-order valence-corrected chi connectivity index (χ0v) is 10.8. The van der Waals surface area contributed by atoms with Gasteiger partial charge in [0.15, 0.2) is 5.75 Å². The number of likely N-dealkylation sites (N-methyl/N-ethyl adjacent to an activating group) is 1. The first-order valence-corrected chi connectivity index (χ1v) is 6.11. The molecule has 1 heterocycles. The number of anilines is 1. The second kappa shape index (κ2) is 5.73. The second-order valence-electron chi connectivity index (χ2n) is 4.52. The van der Waals surface area contributed by atoms with E-state index in [4.69, 9.17) is 4.74 Å². The van der Waals surface area contributed by atoms with Gasteiger partial charge in [-0.2, -0.15) is 0 Å². The fourth-order valence-corrected chi connectivity index (χ4v) is 1.84. The molecular formula is C13H19N3O2. The molecular weight excluding hydrogens is 230 g/mol. The third kappa shape index (κ3) is 2.92. The van der Waals surface area contributed by atoms with Gasteiger partial charge in [-0.1, -0.05) is 6.07 Å². The number of hydrogen-bond donors (Lipinski definition) is 2. The van der Waals surface area contributed by atoms with Crippen LogP contribution in [0.4, 0.5) is 5.69 Å². The number of para-hydroxylation sites is 1. The first-order chi connectivity index (χ1) is 8.68. The minimum absolute atomic E-state index is 0.0857. The van der Waals surface area contributed by atoms with Crippen LogP contribution in [-0.2, 0) is 0 Å². The Morgan fingerprint density at radius 1 is 1.50 bits per heavy atom. The SMILES string of the molecule is CN(C)CCNC(=O)c1cccc2c1OCCN2. The van der Waals surface area contributed by atoms with Crippen LogP contribution in [0.25, 0.3) is 0 Å². The van der Waals surface area contributed by atoms with Crippen LogP contribution in [0.15, 0.2) is 18.2 Å². The molecule has 1 aliphatic rings. The summed E-state index contributed by atoms with van der Waals surface area (Å²) in [5.41, 5.74) is 1.49. The molecule has 2 rings (SSSR count). The normalized spacial score (nSPS) is 13.5. The molecule has 5 nitrogen and oxygen atoms in total. The van der Waals surface area contributed by atoms with Crippen molar-refractivity contribution in [2.75, 3.05) is 45.7 Å². The van der Waals surface area contributed by atoms with E-state index in [1.807, 2.05) is 31.1 Å². The van der Waals surface area contributed by atoms with Gasteiger partial charge in [0.1, 0.15) is 6.61 Å². The fourth-order valence-electron chi connectivity index (χ4n) is 1.84. The summed E-state index contributed by atoms with van der Waals surface area (Å²) in [5.74, 6) is 0.573. The topological polar surface area (TPSA) is 53.6 Å².